The van der Waals surface area contributed by atoms with E-state index in [0.29, 0.717) is 12.8 Å². The van der Waals surface area contributed by atoms with Gasteiger partial charge in [-0.3, -0.25) is 10.1 Å². The van der Waals surface area contributed by atoms with Gasteiger partial charge in [0, 0.05) is 19.1 Å². The van der Waals surface area contributed by atoms with Crippen LogP contribution in [0.4, 0.5) is 10.1 Å². The lowest BCUT2D eigenvalue weighted by Crippen LogP contribution is -2.45. The zero-order valence-electron chi connectivity index (χ0n) is 10.9. The van der Waals surface area contributed by atoms with Gasteiger partial charge in [-0.25, -0.2) is 8.42 Å². The number of sulfonamides is 1. The summed E-state index contributed by atoms with van der Waals surface area (Å²) in [7, 11) is -4.12. The summed E-state index contributed by atoms with van der Waals surface area (Å²) in [6.45, 7) is 0.305. The molecule has 2 rings (SSSR count). The highest BCUT2D eigenvalue weighted by Crippen LogP contribution is 2.30. The maximum Gasteiger partial charge on any atom is 0.324 e. The maximum absolute atomic E-state index is 13.5. The molecule has 1 fully saturated rings. The first-order valence-corrected chi connectivity index (χ1v) is 7.46. The van der Waals surface area contributed by atoms with Crippen molar-refractivity contribution in [3.63, 3.8) is 0 Å². The first kappa shape index (κ1) is 17.8. The SMILES string of the molecule is Cl.N[C@@H]1CCCN(S(=O)(=O)c2cccc(F)c2[N+](=O)[O-])C1. The Kier molecular flexibility index (Phi) is 5.62. The van der Waals surface area contributed by atoms with E-state index in [-0.39, 0.29) is 31.5 Å². The molecule has 0 amide bonds. The van der Waals surface area contributed by atoms with E-state index in [4.69, 9.17) is 5.73 Å². The molecule has 0 spiro atoms. The van der Waals surface area contributed by atoms with Crippen molar-refractivity contribution in [2.24, 2.45) is 5.73 Å². The molecule has 0 aromatic heterocycles. The zero-order chi connectivity index (χ0) is 14.9. The molecule has 1 aliphatic rings. The smallest absolute Gasteiger partial charge is 0.324 e. The molecule has 0 aliphatic carbocycles. The number of hydrogen-bond donors (Lipinski definition) is 1. The number of nitro groups is 1. The van der Waals surface area contributed by atoms with Crippen molar-refractivity contribution in [1.29, 1.82) is 0 Å². The highest BCUT2D eigenvalue weighted by Gasteiger charge is 2.35. The number of piperidine rings is 1. The summed E-state index contributed by atoms with van der Waals surface area (Å²) in [6, 6.07) is 2.72. The van der Waals surface area contributed by atoms with E-state index in [1.807, 2.05) is 0 Å². The third-order valence-corrected chi connectivity index (χ3v) is 5.07. The van der Waals surface area contributed by atoms with Gasteiger partial charge in [-0.2, -0.15) is 8.70 Å². The highest BCUT2D eigenvalue weighted by molar-refractivity contribution is 7.89. The van der Waals surface area contributed by atoms with E-state index >= 15 is 0 Å². The molecule has 1 aliphatic heterocycles. The minimum absolute atomic E-state index is 0. The molecule has 0 radical (unpaired) electrons. The average molecular weight is 340 g/mol. The molecule has 0 saturated carbocycles. The molecule has 2 N–H and O–H groups in total. The Bertz CT molecular complexity index is 640. The van der Waals surface area contributed by atoms with E-state index in [9.17, 15) is 22.9 Å². The molecule has 1 heterocycles. The number of nitrogens with zero attached hydrogens (tertiary/aromatic N) is 2. The van der Waals surface area contributed by atoms with E-state index in [1.165, 1.54) is 0 Å². The topological polar surface area (TPSA) is 107 Å². The predicted molar refractivity (Wildman–Crippen MR) is 76.3 cm³/mol. The summed E-state index contributed by atoms with van der Waals surface area (Å²) < 4.78 is 39.4. The van der Waals surface area contributed by atoms with Crippen LogP contribution in [0.5, 0.6) is 0 Å². The van der Waals surface area contributed by atoms with Crippen molar-refractivity contribution in [2.45, 2.75) is 23.8 Å². The van der Waals surface area contributed by atoms with Gasteiger partial charge in [-0.05, 0) is 25.0 Å². The average Bonchev–Trinajstić information content (AvgIpc) is 2.38. The number of nitro benzene ring substituents is 1. The van der Waals surface area contributed by atoms with Crippen LogP contribution in [0, 0.1) is 15.9 Å². The van der Waals surface area contributed by atoms with Gasteiger partial charge < -0.3 is 5.73 Å². The molecule has 21 heavy (non-hydrogen) atoms. The van der Waals surface area contributed by atoms with Crippen LogP contribution in [-0.2, 0) is 10.0 Å². The Morgan fingerprint density at radius 3 is 2.67 bits per heavy atom. The van der Waals surface area contributed by atoms with E-state index in [1.54, 1.807) is 0 Å². The Morgan fingerprint density at radius 1 is 1.43 bits per heavy atom. The van der Waals surface area contributed by atoms with Crippen LogP contribution in [0.15, 0.2) is 23.1 Å². The number of halogens is 2. The molecule has 10 heteroatoms. The molecule has 1 aromatic rings. The number of nitrogens with two attached hydrogens (primary N) is 1. The van der Waals surface area contributed by atoms with Crippen molar-refractivity contribution in [3.8, 4) is 0 Å². The number of para-hydroxylation sites is 1. The van der Waals surface area contributed by atoms with Crippen LogP contribution < -0.4 is 5.73 Å². The van der Waals surface area contributed by atoms with Crippen LogP contribution >= 0.6 is 12.4 Å². The lowest BCUT2D eigenvalue weighted by atomic mass is 10.1. The van der Waals surface area contributed by atoms with Gasteiger partial charge in [0.25, 0.3) is 0 Å². The molecule has 1 atom stereocenters. The number of rotatable bonds is 3. The summed E-state index contributed by atoms with van der Waals surface area (Å²) in [5.41, 5.74) is 4.69. The molecule has 118 valence electrons. The highest BCUT2D eigenvalue weighted by atomic mass is 35.5. The first-order chi connectivity index (χ1) is 9.34. The molecule has 0 unspecified atom stereocenters. The summed E-state index contributed by atoms with van der Waals surface area (Å²) in [5.74, 6) is -1.17. The van der Waals surface area contributed by atoms with Gasteiger partial charge in [0.2, 0.25) is 15.8 Å². The van der Waals surface area contributed by atoms with Crippen molar-refractivity contribution >= 4 is 28.1 Å². The summed E-state index contributed by atoms with van der Waals surface area (Å²) in [6.07, 6.45) is 1.26. The normalized spacial score (nSPS) is 19.8. The maximum atomic E-state index is 13.5. The van der Waals surface area contributed by atoms with Crippen LogP contribution in [0.3, 0.4) is 0 Å². The fourth-order valence-corrected chi connectivity index (χ4v) is 3.91. The molecule has 7 nitrogen and oxygen atoms in total. The van der Waals surface area contributed by atoms with Crippen molar-refractivity contribution in [2.75, 3.05) is 13.1 Å². The Morgan fingerprint density at radius 2 is 2.10 bits per heavy atom. The van der Waals surface area contributed by atoms with Crippen molar-refractivity contribution in [3.05, 3.63) is 34.1 Å². The van der Waals surface area contributed by atoms with Gasteiger partial charge in [-0.1, -0.05) is 6.07 Å². The van der Waals surface area contributed by atoms with Crippen LogP contribution in [-0.4, -0.2) is 36.8 Å². The third kappa shape index (κ3) is 3.49. The third-order valence-electron chi connectivity index (χ3n) is 3.17. The fourth-order valence-electron chi connectivity index (χ4n) is 2.21. The van der Waals surface area contributed by atoms with Gasteiger partial charge >= 0.3 is 5.69 Å². The van der Waals surface area contributed by atoms with Gasteiger partial charge in [0.1, 0.15) is 0 Å². The summed E-state index contributed by atoms with van der Waals surface area (Å²) in [5, 5.41) is 10.9. The van der Waals surface area contributed by atoms with E-state index < -0.39 is 31.3 Å². The van der Waals surface area contributed by atoms with E-state index in [2.05, 4.69) is 0 Å². The zero-order valence-corrected chi connectivity index (χ0v) is 12.6. The monoisotopic (exact) mass is 339 g/mol. The Hall–Kier alpha value is -1.29. The van der Waals surface area contributed by atoms with Crippen molar-refractivity contribution in [1.82, 2.24) is 4.31 Å². The van der Waals surface area contributed by atoms with Crippen LogP contribution in [0.1, 0.15) is 12.8 Å². The Labute approximate surface area is 127 Å². The molecule has 0 bridgehead atoms. The number of benzene rings is 1. The van der Waals surface area contributed by atoms with E-state index in [0.717, 1.165) is 22.5 Å². The fraction of sp³-hybridized carbons (Fsp3) is 0.455. The second-order valence-electron chi connectivity index (χ2n) is 4.61. The number of hydrogen-bond acceptors (Lipinski definition) is 5. The second kappa shape index (κ2) is 6.65. The minimum atomic E-state index is -4.12. The summed E-state index contributed by atoms with van der Waals surface area (Å²) >= 11 is 0. The standard InChI is InChI=1S/C11H14FN3O4S.ClH/c12-9-4-1-5-10(11(9)15(16)17)20(18,19)14-6-2-3-8(13)7-14;/h1,4-5,8H,2-3,6-7,13H2;1H/t8-;/m1./s1. The first-order valence-electron chi connectivity index (χ1n) is 6.02. The van der Waals surface area contributed by atoms with Gasteiger partial charge in [0.15, 0.2) is 4.90 Å². The Balaban J connectivity index is 0.00000220. The molecular formula is C11H15ClFN3O4S. The van der Waals surface area contributed by atoms with Gasteiger partial charge in [0.05, 0.1) is 4.92 Å². The molecule has 1 aromatic carbocycles. The van der Waals surface area contributed by atoms with Crippen LogP contribution in [0.2, 0.25) is 0 Å². The molecular weight excluding hydrogens is 325 g/mol. The van der Waals surface area contributed by atoms with Crippen LogP contribution in [0.25, 0.3) is 0 Å². The lowest BCUT2D eigenvalue weighted by Gasteiger charge is -2.29. The minimum Gasteiger partial charge on any atom is -0.327 e. The van der Waals surface area contributed by atoms with Gasteiger partial charge in [-0.15, -0.1) is 12.4 Å². The second-order valence-corrected chi connectivity index (χ2v) is 6.52. The lowest BCUT2D eigenvalue weighted by molar-refractivity contribution is -0.390. The largest absolute Gasteiger partial charge is 0.327 e. The summed E-state index contributed by atoms with van der Waals surface area (Å²) in [4.78, 5) is 9.24. The molecule has 1 saturated heterocycles. The van der Waals surface area contributed by atoms with Crippen molar-refractivity contribution < 1.29 is 17.7 Å². The predicted octanol–water partition coefficient (Wildman–Crippen LogP) is 1.27. The quantitative estimate of drug-likeness (QED) is 0.659.